The van der Waals surface area contributed by atoms with Gasteiger partial charge in [-0.15, -0.1) is 0 Å². The standard InChI is InChI=1S/C23H25N3O6S/c1-26(2)19-7-8-22(33(30,31)25-18(15-27)11-23(28)29)21(12-19)32-10-9-17-14-24-13-16-5-3-4-6-20(16)17/h3-8,12-15,18,25H,9-11H2,1-2H3,(H,28,29)/t18-/m0/s1. The number of carboxylic acids is 1. The minimum atomic E-state index is -4.22. The van der Waals surface area contributed by atoms with E-state index in [1.165, 1.54) is 6.07 Å². The Balaban J connectivity index is 1.86. The summed E-state index contributed by atoms with van der Waals surface area (Å²) in [6.07, 6.45) is 3.61. The van der Waals surface area contributed by atoms with Crippen molar-refractivity contribution < 1.29 is 27.9 Å². The lowest BCUT2D eigenvalue weighted by Crippen LogP contribution is -2.37. The number of hydrogen-bond acceptors (Lipinski definition) is 7. The van der Waals surface area contributed by atoms with E-state index in [-0.39, 0.29) is 23.5 Å². The highest BCUT2D eigenvalue weighted by atomic mass is 32.2. The molecule has 0 saturated carbocycles. The maximum Gasteiger partial charge on any atom is 0.305 e. The van der Waals surface area contributed by atoms with Crippen LogP contribution in [0.4, 0.5) is 5.69 Å². The number of rotatable bonds is 11. The van der Waals surface area contributed by atoms with Gasteiger partial charge >= 0.3 is 5.97 Å². The number of nitrogens with one attached hydrogen (secondary N) is 1. The molecule has 2 aromatic carbocycles. The Kier molecular flexibility index (Phi) is 7.62. The van der Waals surface area contributed by atoms with E-state index in [1.54, 1.807) is 29.4 Å². The van der Waals surface area contributed by atoms with Crippen LogP contribution in [0.1, 0.15) is 12.0 Å². The molecule has 0 radical (unpaired) electrons. The molecule has 9 nitrogen and oxygen atoms in total. The van der Waals surface area contributed by atoms with E-state index in [0.717, 1.165) is 16.3 Å². The number of carboxylic acid groups (broad SMARTS) is 1. The Morgan fingerprint density at radius 2 is 1.97 bits per heavy atom. The number of carbonyl (C=O) groups excluding carboxylic acids is 1. The largest absolute Gasteiger partial charge is 0.492 e. The first kappa shape index (κ1) is 24.1. The molecule has 0 bridgehead atoms. The first-order valence-electron chi connectivity index (χ1n) is 10.2. The maximum absolute atomic E-state index is 12.9. The smallest absolute Gasteiger partial charge is 0.305 e. The first-order valence-corrected chi connectivity index (χ1v) is 11.6. The number of anilines is 1. The van der Waals surface area contributed by atoms with Gasteiger partial charge < -0.3 is 19.5 Å². The van der Waals surface area contributed by atoms with Crippen LogP contribution in [0.2, 0.25) is 0 Å². The number of hydrogen-bond donors (Lipinski definition) is 2. The number of nitrogens with zero attached hydrogens (tertiary/aromatic N) is 2. The molecule has 0 aliphatic rings. The molecule has 1 aromatic heterocycles. The Morgan fingerprint density at radius 3 is 2.67 bits per heavy atom. The van der Waals surface area contributed by atoms with Gasteiger partial charge in [-0.25, -0.2) is 13.1 Å². The Labute approximate surface area is 192 Å². The number of benzene rings is 2. The van der Waals surface area contributed by atoms with Gasteiger partial charge in [0.05, 0.1) is 19.1 Å². The van der Waals surface area contributed by atoms with E-state index in [4.69, 9.17) is 9.84 Å². The second kappa shape index (κ2) is 10.4. The van der Waals surface area contributed by atoms with Gasteiger partial charge in [0, 0.05) is 50.0 Å². The number of aldehydes is 1. The van der Waals surface area contributed by atoms with Crippen LogP contribution >= 0.6 is 0 Å². The van der Waals surface area contributed by atoms with Crippen molar-refractivity contribution in [3.05, 3.63) is 60.4 Å². The molecule has 174 valence electrons. The molecule has 3 aromatic rings. The van der Waals surface area contributed by atoms with E-state index in [9.17, 15) is 18.0 Å². The fraction of sp³-hybridized carbons (Fsp3) is 0.261. The summed E-state index contributed by atoms with van der Waals surface area (Å²) in [5.41, 5.74) is 1.68. The molecule has 1 atom stereocenters. The number of carbonyl (C=O) groups is 2. The van der Waals surface area contributed by atoms with E-state index in [1.807, 2.05) is 38.4 Å². The number of aromatic nitrogens is 1. The van der Waals surface area contributed by atoms with Crippen molar-refractivity contribution in [2.45, 2.75) is 23.8 Å². The summed E-state index contributed by atoms with van der Waals surface area (Å²) < 4.78 is 33.9. The fourth-order valence-corrected chi connectivity index (χ4v) is 4.62. The van der Waals surface area contributed by atoms with Crippen LogP contribution in [0.15, 0.2) is 59.8 Å². The quantitative estimate of drug-likeness (QED) is 0.408. The number of sulfonamides is 1. The van der Waals surface area contributed by atoms with Gasteiger partial charge in [-0.05, 0) is 23.1 Å². The molecule has 3 rings (SSSR count). The molecular weight excluding hydrogens is 446 g/mol. The van der Waals surface area contributed by atoms with E-state index in [2.05, 4.69) is 9.71 Å². The normalized spacial score (nSPS) is 12.3. The van der Waals surface area contributed by atoms with Gasteiger partial charge in [-0.1, -0.05) is 24.3 Å². The molecular formula is C23H25N3O6S. The highest BCUT2D eigenvalue weighted by Crippen LogP contribution is 2.29. The Morgan fingerprint density at radius 1 is 1.21 bits per heavy atom. The van der Waals surface area contributed by atoms with Crippen LogP contribution in [0.25, 0.3) is 10.8 Å². The van der Waals surface area contributed by atoms with Gasteiger partial charge in [0.25, 0.3) is 0 Å². The van der Waals surface area contributed by atoms with Crippen LogP contribution in [-0.4, -0.2) is 57.5 Å². The number of pyridine rings is 1. The third kappa shape index (κ3) is 6.05. The van der Waals surface area contributed by atoms with E-state index >= 15 is 0 Å². The molecule has 2 N–H and O–H groups in total. The third-order valence-electron chi connectivity index (χ3n) is 4.98. The number of aliphatic carboxylic acids is 1. The van der Waals surface area contributed by atoms with Crippen LogP contribution in [0, 0.1) is 0 Å². The minimum absolute atomic E-state index is 0.0990. The molecule has 0 aliphatic carbocycles. The fourth-order valence-electron chi connectivity index (χ4n) is 3.33. The van der Waals surface area contributed by atoms with Gasteiger partial charge in [0.15, 0.2) is 0 Å². The zero-order chi connectivity index (χ0) is 24.0. The van der Waals surface area contributed by atoms with Crippen LogP contribution in [0.5, 0.6) is 5.75 Å². The zero-order valence-electron chi connectivity index (χ0n) is 18.3. The van der Waals surface area contributed by atoms with Crippen molar-refractivity contribution in [3.8, 4) is 5.75 Å². The minimum Gasteiger partial charge on any atom is -0.492 e. The van der Waals surface area contributed by atoms with Crippen molar-refractivity contribution in [2.24, 2.45) is 0 Å². The summed E-state index contributed by atoms with van der Waals surface area (Å²) in [5, 5.41) is 10.9. The highest BCUT2D eigenvalue weighted by molar-refractivity contribution is 7.89. The first-order chi connectivity index (χ1) is 15.7. The molecule has 0 aliphatic heterocycles. The van der Waals surface area contributed by atoms with Gasteiger partial charge in [-0.2, -0.15) is 0 Å². The Hall–Kier alpha value is -3.50. The monoisotopic (exact) mass is 471 g/mol. The SMILES string of the molecule is CN(C)c1ccc(S(=O)(=O)N[C@H](C=O)CC(=O)O)c(OCCc2cncc3ccccc23)c1. The third-order valence-corrected chi connectivity index (χ3v) is 6.51. The molecule has 0 spiro atoms. The summed E-state index contributed by atoms with van der Waals surface area (Å²) in [4.78, 5) is 28.0. The second-order valence-electron chi connectivity index (χ2n) is 7.61. The molecule has 33 heavy (non-hydrogen) atoms. The van der Waals surface area contributed by atoms with Crippen molar-refractivity contribution in [1.29, 1.82) is 0 Å². The van der Waals surface area contributed by atoms with Crippen LogP contribution in [0.3, 0.4) is 0 Å². The summed E-state index contributed by atoms with van der Waals surface area (Å²) >= 11 is 0. The lowest BCUT2D eigenvalue weighted by atomic mass is 10.1. The average molecular weight is 472 g/mol. The van der Waals surface area contributed by atoms with Crippen LogP contribution in [-0.2, 0) is 26.0 Å². The molecule has 1 heterocycles. The van der Waals surface area contributed by atoms with Crippen molar-refractivity contribution in [1.82, 2.24) is 9.71 Å². The number of ether oxygens (including phenoxy) is 1. The lowest BCUT2D eigenvalue weighted by molar-refractivity contribution is -0.138. The summed E-state index contributed by atoms with van der Waals surface area (Å²) in [7, 11) is -0.604. The predicted octanol–water partition coefficient (Wildman–Crippen LogP) is 2.24. The van der Waals surface area contributed by atoms with Gasteiger partial charge in [0.2, 0.25) is 10.0 Å². The summed E-state index contributed by atoms with van der Waals surface area (Å²) in [5.74, 6) is -1.19. The molecule has 0 fully saturated rings. The topological polar surface area (TPSA) is 126 Å². The average Bonchev–Trinajstić information content (AvgIpc) is 2.78. The van der Waals surface area contributed by atoms with E-state index < -0.39 is 28.5 Å². The molecule has 10 heteroatoms. The maximum atomic E-state index is 12.9. The highest BCUT2D eigenvalue weighted by Gasteiger charge is 2.25. The van der Waals surface area contributed by atoms with Crippen LogP contribution < -0.4 is 14.4 Å². The predicted molar refractivity (Wildman–Crippen MR) is 124 cm³/mol. The van der Waals surface area contributed by atoms with Crippen molar-refractivity contribution in [3.63, 3.8) is 0 Å². The summed E-state index contributed by atoms with van der Waals surface area (Å²) in [6.45, 7) is 0.182. The molecule has 0 unspecified atom stereocenters. The van der Waals surface area contributed by atoms with Crippen molar-refractivity contribution >= 4 is 38.7 Å². The molecule has 0 saturated heterocycles. The lowest BCUT2D eigenvalue weighted by Gasteiger charge is -2.19. The van der Waals surface area contributed by atoms with Gasteiger partial charge in [-0.3, -0.25) is 9.78 Å². The summed E-state index contributed by atoms with van der Waals surface area (Å²) in [6, 6.07) is 11.0. The molecule has 0 amide bonds. The zero-order valence-corrected chi connectivity index (χ0v) is 19.1. The van der Waals surface area contributed by atoms with Gasteiger partial charge in [0.1, 0.15) is 16.9 Å². The Bertz CT molecular complexity index is 1250. The second-order valence-corrected chi connectivity index (χ2v) is 9.29. The number of fused-ring (bicyclic) bond motifs is 1. The van der Waals surface area contributed by atoms with Crippen molar-refractivity contribution in [2.75, 3.05) is 25.6 Å². The van der Waals surface area contributed by atoms with E-state index in [0.29, 0.717) is 12.1 Å².